The molecule has 0 aliphatic heterocycles. The van der Waals surface area contributed by atoms with Crippen LogP contribution in [0, 0.1) is 25.5 Å². The number of aryl methyl sites for hydroxylation is 2. The maximum Gasteiger partial charge on any atom is 0.242 e. The van der Waals surface area contributed by atoms with Crippen LogP contribution in [0.3, 0.4) is 0 Å². The van der Waals surface area contributed by atoms with Crippen LogP contribution in [0.1, 0.15) is 41.6 Å². The normalized spacial score (nSPS) is 13.8. The Bertz CT molecular complexity index is 704. The molecule has 1 heterocycles. The number of rotatable bonds is 5. The number of hydrogen-bond acceptors (Lipinski definition) is 4. The fraction of sp³-hybridized carbons (Fsp3) is 0.412. The van der Waals surface area contributed by atoms with Crippen LogP contribution in [0.15, 0.2) is 22.7 Å². The lowest BCUT2D eigenvalue weighted by Crippen LogP contribution is -2.39. The predicted octanol–water partition coefficient (Wildman–Crippen LogP) is 3.05. The summed E-state index contributed by atoms with van der Waals surface area (Å²) in [4.78, 5) is 14.1. The van der Waals surface area contributed by atoms with Gasteiger partial charge in [-0.2, -0.15) is 0 Å². The van der Waals surface area contributed by atoms with Gasteiger partial charge in [0.2, 0.25) is 5.91 Å². The first-order valence-corrected chi connectivity index (χ1v) is 7.57. The number of nitrogens with one attached hydrogen (secondary N) is 1. The first-order chi connectivity index (χ1) is 11.2. The van der Waals surface area contributed by atoms with Gasteiger partial charge in [0.15, 0.2) is 0 Å². The molecule has 0 radical (unpaired) electrons. The topological polar surface area (TPSA) is 58.4 Å². The second-order valence-electron chi connectivity index (χ2n) is 5.97. The lowest BCUT2D eigenvalue weighted by atomic mass is 10.0. The van der Waals surface area contributed by atoms with E-state index in [1.54, 1.807) is 34.9 Å². The summed E-state index contributed by atoms with van der Waals surface area (Å²) in [5.74, 6) is -1.42. The first kappa shape index (κ1) is 18.1. The number of hydrogen-bond donors (Lipinski definition) is 1. The fourth-order valence-corrected chi connectivity index (χ4v) is 2.87. The molecule has 0 saturated carbocycles. The largest absolute Gasteiger partial charge is 0.361 e. The van der Waals surface area contributed by atoms with Crippen molar-refractivity contribution < 1.29 is 18.1 Å². The van der Waals surface area contributed by atoms with Crippen LogP contribution in [-0.2, 0) is 4.79 Å². The van der Waals surface area contributed by atoms with Crippen LogP contribution in [-0.4, -0.2) is 30.1 Å². The van der Waals surface area contributed by atoms with Crippen LogP contribution in [0.4, 0.5) is 8.78 Å². The molecule has 1 aromatic carbocycles. The number of amides is 1. The minimum atomic E-state index is -1.09. The molecule has 5 nitrogen and oxygen atoms in total. The standard InChI is InChI=1S/C17H21F2N3O2/c1-9(14-10(2)21-24-11(14)3)20-17(23)16(22(4)5)15-12(18)7-6-8-13(15)19/h6-9,16H,1-5H3,(H,20,23). The van der Waals surface area contributed by atoms with Gasteiger partial charge in [0.1, 0.15) is 23.4 Å². The molecule has 1 N–H and O–H groups in total. The summed E-state index contributed by atoms with van der Waals surface area (Å²) in [6.45, 7) is 5.29. The molecule has 7 heteroatoms. The molecule has 0 bridgehead atoms. The molecular formula is C17H21F2N3O2. The summed E-state index contributed by atoms with van der Waals surface area (Å²) in [6, 6.07) is 2.06. The van der Waals surface area contributed by atoms with E-state index in [9.17, 15) is 13.6 Å². The third-order valence-electron chi connectivity index (χ3n) is 3.92. The Morgan fingerprint density at radius 2 is 1.79 bits per heavy atom. The van der Waals surface area contributed by atoms with Crippen LogP contribution < -0.4 is 5.32 Å². The first-order valence-electron chi connectivity index (χ1n) is 7.57. The van der Waals surface area contributed by atoms with Crippen LogP contribution in [0.2, 0.25) is 0 Å². The van der Waals surface area contributed by atoms with Crippen molar-refractivity contribution in [3.8, 4) is 0 Å². The molecule has 1 aromatic heterocycles. The van der Waals surface area contributed by atoms with Crippen molar-refractivity contribution in [2.75, 3.05) is 14.1 Å². The fourth-order valence-electron chi connectivity index (χ4n) is 2.87. The van der Waals surface area contributed by atoms with Crippen molar-refractivity contribution in [3.63, 3.8) is 0 Å². The lowest BCUT2D eigenvalue weighted by molar-refractivity contribution is -0.126. The Morgan fingerprint density at radius 1 is 1.21 bits per heavy atom. The maximum absolute atomic E-state index is 14.1. The monoisotopic (exact) mass is 337 g/mol. The van der Waals surface area contributed by atoms with E-state index in [0.29, 0.717) is 11.5 Å². The van der Waals surface area contributed by atoms with Crippen LogP contribution in [0.5, 0.6) is 0 Å². The molecule has 2 rings (SSSR count). The highest BCUT2D eigenvalue weighted by molar-refractivity contribution is 5.83. The minimum Gasteiger partial charge on any atom is -0.361 e. The van der Waals surface area contributed by atoms with Crippen molar-refractivity contribution in [3.05, 3.63) is 52.4 Å². The zero-order chi connectivity index (χ0) is 18.0. The van der Waals surface area contributed by atoms with Gasteiger partial charge >= 0.3 is 0 Å². The second-order valence-corrected chi connectivity index (χ2v) is 5.97. The Labute approximate surface area is 139 Å². The van der Waals surface area contributed by atoms with Gasteiger partial charge in [-0.05, 0) is 47.0 Å². The SMILES string of the molecule is Cc1noc(C)c1C(C)NC(=O)C(c1c(F)cccc1F)N(C)C. The number of benzene rings is 1. The summed E-state index contributed by atoms with van der Waals surface area (Å²) < 4.78 is 33.3. The highest BCUT2D eigenvalue weighted by Gasteiger charge is 2.30. The molecular weight excluding hydrogens is 316 g/mol. The summed E-state index contributed by atoms with van der Waals surface area (Å²) in [7, 11) is 3.19. The van der Waals surface area contributed by atoms with Gasteiger partial charge in [-0.25, -0.2) is 8.78 Å². The van der Waals surface area contributed by atoms with Gasteiger partial charge in [-0.1, -0.05) is 11.2 Å². The smallest absolute Gasteiger partial charge is 0.242 e. The van der Waals surface area contributed by atoms with Gasteiger partial charge < -0.3 is 9.84 Å². The quantitative estimate of drug-likeness (QED) is 0.911. The van der Waals surface area contributed by atoms with Gasteiger partial charge in [-0.15, -0.1) is 0 Å². The molecule has 24 heavy (non-hydrogen) atoms. The zero-order valence-corrected chi connectivity index (χ0v) is 14.4. The van der Waals surface area contributed by atoms with Crippen molar-refractivity contribution >= 4 is 5.91 Å². The molecule has 130 valence electrons. The van der Waals surface area contributed by atoms with Crippen LogP contribution in [0.25, 0.3) is 0 Å². The number of aromatic nitrogens is 1. The molecule has 2 unspecified atom stereocenters. The van der Waals surface area contributed by atoms with E-state index in [4.69, 9.17) is 4.52 Å². The van der Waals surface area contributed by atoms with E-state index in [2.05, 4.69) is 10.5 Å². The molecule has 2 aromatic rings. The summed E-state index contributed by atoms with van der Waals surface area (Å²) in [6.07, 6.45) is 0. The number of halogens is 2. The molecule has 0 aliphatic rings. The predicted molar refractivity (Wildman–Crippen MR) is 85.3 cm³/mol. The molecule has 0 saturated heterocycles. The Morgan fingerprint density at radius 3 is 2.25 bits per heavy atom. The van der Waals surface area contributed by atoms with Crippen LogP contribution >= 0.6 is 0 Å². The van der Waals surface area contributed by atoms with E-state index in [1.165, 1.54) is 11.0 Å². The molecule has 0 aliphatic carbocycles. The zero-order valence-electron chi connectivity index (χ0n) is 14.4. The average molecular weight is 337 g/mol. The maximum atomic E-state index is 14.1. The summed E-state index contributed by atoms with van der Waals surface area (Å²) in [5.41, 5.74) is 1.15. The Hall–Kier alpha value is -2.28. The van der Waals surface area contributed by atoms with E-state index >= 15 is 0 Å². The second kappa shape index (κ2) is 7.09. The third kappa shape index (κ3) is 3.46. The number of nitrogens with zero attached hydrogens (tertiary/aromatic N) is 2. The van der Waals surface area contributed by atoms with E-state index in [0.717, 1.165) is 17.7 Å². The third-order valence-corrected chi connectivity index (χ3v) is 3.92. The van der Waals surface area contributed by atoms with Gasteiger partial charge in [0, 0.05) is 5.56 Å². The molecule has 0 fully saturated rings. The van der Waals surface area contributed by atoms with Gasteiger partial charge in [0.25, 0.3) is 0 Å². The van der Waals surface area contributed by atoms with Crippen molar-refractivity contribution in [1.29, 1.82) is 0 Å². The average Bonchev–Trinajstić information content (AvgIpc) is 2.81. The van der Waals surface area contributed by atoms with E-state index < -0.39 is 29.6 Å². The highest BCUT2D eigenvalue weighted by Crippen LogP contribution is 2.27. The minimum absolute atomic E-state index is 0.272. The van der Waals surface area contributed by atoms with Gasteiger partial charge in [0.05, 0.1) is 17.3 Å². The summed E-state index contributed by atoms with van der Waals surface area (Å²) >= 11 is 0. The van der Waals surface area contributed by atoms with E-state index in [-0.39, 0.29) is 5.56 Å². The van der Waals surface area contributed by atoms with Crippen molar-refractivity contribution in [2.45, 2.75) is 32.9 Å². The number of likely N-dealkylation sites (N-methyl/N-ethyl adjacent to an activating group) is 1. The van der Waals surface area contributed by atoms with E-state index in [1.807, 2.05) is 0 Å². The Balaban J connectivity index is 2.31. The number of carbonyl (C=O) groups excluding carboxylic acids is 1. The number of carbonyl (C=O) groups is 1. The van der Waals surface area contributed by atoms with Crippen molar-refractivity contribution in [2.24, 2.45) is 0 Å². The molecule has 0 spiro atoms. The lowest BCUT2D eigenvalue weighted by Gasteiger charge is -2.26. The summed E-state index contributed by atoms with van der Waals surface area (Å²) in [5, 5.41) is 6.64. The highest BCUT2D eigenvalue weighted by atomic mass is 19.1. The van der Waals surface area contributed by atoms with Gasteiger partial charge in [-0.3, -0.25) is 9.69 Å². The molecule has 1 amide bonds. The van der Waals surface area contributed by atoms with Crippen molar-refractivity contribution in [1.82, 2.24) is 15.4 Å². The molecule has 2 atom stereocenters. The Kier molecular flexibility index (Phi) is 5.33.